The molecule has 0 spiro atoms. The molecule has 0 atom stereocenters. The van der Waals surface area contributed by atoms with Gasteiger partial charge in [0.2, 0.25) is 0 Å². The van der Waals surface area contributed by atoms with Gasteiger partial charge < -0.3 is 10.2 Å². The molecule has 0 unspecified atom stereocenters. The van der Waals surface area contributed by atoms with Gasteiger partial charge in [-0.05, 0) is 24.3 Å². The molecule has 0 bridgehead atoms. The van der Waals surface area contributed by atoms with Gasteiger partial charge >= 0.3 is 0 Å². The van der Waals surface area contributed by atoms with Gasteiger partial charge in [0.05, 0.1) is 0 Å². The fourth-order valence-corrected chi connectivity index (χ4v) is 1.88. The predicted molar refractivity (Wildman–Crippen MR) is 63.5 cm³/mol. The maximum Gasteiger partial charge on any atom is 0.150 e. The molecule has 0 saturated carbocycles. The number of nitrogens with two attached hydrogens (primary N) is 1. The number of carbonyl (C=O) groups excluding carboxylic acids is 1. The highest BCUT2D eigenvalue weighted by atomic mass is 16.3. The van der Waals surface area contributed by atoms with E-state index in [1.165, 1.54) is 0 Å². The van der Waals surface area contributed by atoms with Crippen LogP contribution in [-0.4, -0.2) is 6.29 Å². The summed E-state index contributed by atoms with van der Waals surface area (Å²) in [6, 6.07) is 11.0. The quantitative estimate of drug-likeness (QED) is 0.497. The topological polar surface area (TPSA) is 56.2 Å². The molecule has 3 nitrogen and oxygen atoms in total. The summed E-state index contributed by atoms with van der Waals surface area (Å²) in [6.45, 7) is 0. The van der Waals surface area contributed by atoms with Crippen LogP contribution in [0.3, 0.4) is 0 Å². The van der Waals surface area contributed by atoms with Crippen LogP contribution in [0.5, 0.6) is 0 Å². The van der Waals surface area contributed by atoms with Crippen molar-refractivity contribution in [1.82, 2.24) is 0 Å². The minimum Gasteiger partial charge on any atom is -0.456 e. The average molecular weight is 211 g/mol. The summed E-state index contributed by atoms with van der Waals surface area (Å²) in [6.07, 6.45) is 0.807. The van der Waals surface area contributed by atoms with E-state index in [1.54, 1.807) is 18.2 Å². The van der Waals surface area contributed by atoms with Crippen molar-refractivity contribution in [3.05, 3.63) is 42.0 Å². The molecular formula is C13H9NO2. The maximum atomic E-state index is 10.7. The zero-order valence-corrected chi connectivity index (χ0v) is 8.44. The molecule has 1 heterocycles. The van der Waals surface area contributed by atoms with Gasteiger partial charge in [-0.1, -0.05) is 6.07 Å². The Balaban J connectivity index is 2.45. The van der Waals surface area contributed by atoms with E-state index in [9.17, 15) is 4.79 Å². The fourth-order valence-electron chi connectivity index (χ4n) is 1.88. The van der Waals surface area contributed by atoms with Crippen LogP contribution in [0.4, 0.5) is 5.69 Å². The van der Waals surface area contributed by atoms with Crippen LogP contribution in [0, 0.1) is 0 Å². The van der Waals surface area contributed by atoms with Crippen LogP contribution in [0.2, 0.25) is 0 Å². The Hall–Kier alpha value is -2.29. The van der Waals surface area contributed by atoms with E-state index in [4.69, 9.17) is 10.2 Å². The van der Waals surface area contributed by atoms with Crippen molar-refractivity contribution in [2.75, 3.05) is 5.73 Å². The number of rotatable bonds is 1. The number of carbonyl (C=O) groups is 1. The molecule has 2 aromatic carbocycles. The molecule has 3 heteroatoms. The molecule has 2 N–H and O–H groups in total. The van der Waals surface area contributed by atoms with E-state index < -0.39 is 0 Å². The Kier molecular flexibility index (Phi) is 1.74. The lowest BCUT2D eigenvalue weighted by atomic mass is 10.1. The lowest BCUT2D eigenvalue weighted by Gasteiger charge is -1.91. The van der Waals surface area contributed by atoms with Crippen LogP contribution in [-0.2, 0) is 0 Å². The molecule has 0 saturated heterocycles. The van der Waals surface area contributed by atoms with E-state index in [2.05, 4.69) is 0 Å². The lowest BCUT2D eigenvalue weighted by Crippen LogP contribution is -1.81. The molecule has 0 aliphatic carbocycles. The maximum absolute atomic E-state index is 10.7. The first-order valence-electron chi connectivity index (χ1n) is 4.95. The lowest BCUT2D eigenvalue weighted by molar-refractivity contribution is 0.112. The van der Waals surface area contributed by atoms with Crippen molar-refractivity contribution in [2.24, 2.45) is 0 Å². The van der Waals surface area contributed by atoms with Gasteiger partial charge in [0.15, 0.2) is 0 Å². The van der Waals surface area contributed by atoms with E-state index >= 15 is 0 Å². The molecule has 0 aliphatic rings. The SMILES string of the molecule is Nc1ccc2c(c1)oc1cc(C=O)ccc12. The minimum absolute atomic E-state index is 0.611. The van der Waals surface area contributed by atoms with Gasteiger partial charge in [-0.2, -0.15) is 0 Å². The zero-order chi connectivity index (χ0) is 11.1. The molecular weight excluding hydrogens is 202 g/mol. The first kappa shape index (κ1) is 8.97. The summed E-state index contributed by atoms with van der Waals surface area (Å²) < 4.78 is 5.64. The smallest absolute Gasteiger partial charge is 0.150 e. The third kappa shape index (κ3) is 1.18. The summed E-state index contributed by atoms with van der Waals surface area (Å²) in [5.74, 6) is 0. The summed E-state index contributed by atoms with van der Waals surface area (Å²) >= 11 is 0. The molecule has 0 fully saturated rings. The summed E-state index contributed by atoms with van der Waals surface area (Å²) in [5.41, 5.74) is 8.43. The molecule has 3 rings (SSSR count). The second-order valence-corrected chi connectivity index (χ2v) is 3.73. The number of hydrogen-bond acceptors (Lipinski definition) is 3. The van der Waals surface area contributed by atoms with Gasteiger partial charge in [0.1, 0.15) is 17.5 Å². The third-order valence-electron chi connectivity index (χ3n) is 2.66. The number of furan rings is 1. The van der Waals surface area contributed by atoms with Crippen LogP contribution in [0.1, 0.15) is 10.4 Å². The van der Waals surface area contributed by atoms with E-state index in [1.807, 2.05) is 18.2 Å². The van der Waals surface area contributed by atoms with Crippen LogP contribution in [0.15, 0.2) is 40.8 Å². The number of hydrogen-bond donors (Lipinski definition) is 1. The highest BCUT2D eigenvalue weighted by Gasteiger charge is 2.07. The monoisotopic (exact) mass is 211 g/mol. The molecule has 78 valence electrons. The van der Waals surface area contributed by atoms with Crippen molar-refractivity contribution in [1.29, 1.82) is 0 Å². The number of aldehydes is 1. The van der Waals surface area contributed by atoms with E-state index in [0.717, 1.165) is 22.6 Å². The molecule has 0 amide bonds. The Morgan fingerprint density at radius 1 is 1.00 bits per heavy atom. The molecule has 1 aromatic heterocycles. The van der Waals surface area contributed by atoms with Gasteiger partial charge in [-0.3, -0.25) is 4.79 Å². The molecule has 16 heavy (non-hydrogen) atoms. The van der Waals surface area contributed by atoms with Gasteiger partial charge in [0.25, 0.3) is 0 Å². The van der Waals surface area contributed by atoms with E-state index in [-0.39, 0.29) is 0 Å². The summed E-state index contributed by atoms with van der Waals surface area (Å²) in [4.78, 5) is 10.7. The Labute approximate surface area is 91.5 Å². The van der Waals surface area contributed by atoms with Crippen LogP contribution in [0.25, 0.3) is 21.9 Å². The highest BCUT2D eigenvalue weighted by molar-refractivity contribution is 6.06. The van der Waals surface area contributed by atoms with Crippen molar-refractivity contribution in [2.45, 2.75) is 0 Å². The van der Waals surface area contributed by atoms with Gasteiger partial charge in [-0.15, -0.1) is 0 Å². The van der Waals surface area contributed by atoms with Crippen molar-refractivity contribution < 1.29 is 9.21 Å². The molecule has 3 aromatic rings. The second kappa shape index (κ2) is 3.10. The van der Waals surface area contributed by atoms with Gasteiger partial charge in [0, 0.05) is 28.1 Å². The average Bonchev–Trinajstić information content (AvgIpc) is 2.64. The largest absolute Gasteiger partial charge is 0.456 e. The highest BCUT2D eigenvalue weighted by Crippen LogP contribution is 2.30. The first-order valence-corrected chi connectivity index (χ1v) is 4.95. The van der Waals surface area contributed by atoms with Crippen molar-refractivity contribution in [3.8, 4) is 0 Å². The normalized spacial score (nSPS) is 11.0. The zero-order valence-electron chi connectivity index (χ0n) is 8.44. The summed E-state index contributed by atoms with van der Waals surface area (Å²) in [7, 11) is 0. The van der Waals surface area contributed by atoms with Crippen molar-refractivity contribution in [3.63, 3.8) is 0 Å². The Bertz CT molecular complexity index is 698. The molecule has 0 aliphatic heterocycles. The summed E-state index contributed by atoms with van der Waals surface area (Å²) in [5, 5.41) is 2.02. The van der Waals surface area contributed by atoms with Crippen molar-refractivity contribution >= 4 is 33.9 Å². The second-order valence-electron chi connectivity index (χ2n) is 3.73. The standard InChI is InChI=1S/C13H9NO2/c14-9-2-4-11-10-3-1-8(7-15)5-12(10)16-13(11)6-9/h1-7H,14H2. The first-order chi connectivity index (χ1) is 7.78. The van der Waals surface area contributed by atoms with E-state index in [0.29, 0.717) is 16.8 Å². The number of nitrogen functional groups attached to an aromatic ring is 1. The number of benzene rings is 2. The third-order valence-corrected chi connectivity index (χ3v) is 2.66. The fraction of sp³-hybridized carbons (Fsp3) is 0. The van der Waals surface area contributed by atoms with Crippen LogP contribution >= 0.6 is 0 Å². The molecule has 0 radical (unpaired) electrons. The van der Waals surface area contributed by atoms with Crippen LogP contribution < -0.4 is 5.73 Å². The Morgan fingerprint density at radius 2 is 1.69 bits per heavy atom. The predicted octanol–water partition coefficient (Wildman–Crippen LogP) is 2.98. The Morgan fingerprint density at radius 3 is 2.44 bits per heavy atom. The number of fused-ring (bicyclic) bond motifs is 3. The van der Waals surface area contributed by atoms with Gasteiger partial charge in [-0.25, -0.2) is 0 Å². The number of anilines is 1. The minimum atomic E-state index is 0.611.